The lowest BCUT2D eigenvalue weighted by Crippen LogP contribution is -2.44. The molecule has 1 heterocycles. The van der Waals surface area contributed by atoms with Crippen molar-refractivity contribution >= 4 is 17.3 Å². The highest BCUT2D eigenvalue weighted by atomic mass is 32.1. The maximum atomic E-state index is 5.29. The average molecular weight is 214 g/mol. The molecular weight excluding hydrogens is 192 g/mol. The Bertz CT molecular complexity index is 184. The van der Waals surface area contributed by atoms with Crippen molar-refractivity contribution in [1.29, 1.82) is 0 Å². The third kappa shape index (κ3) is 3.12. The third-order valence-corrected chi connectivity index (χ3v) is 3.50. The van der Waals surface area contributed by atoms with Crippen LogP contribution in [0.1, 0.15) is 33.6 Å². The molecular formula is C11H22N2S. The van der Waals surface area contributed by atoms with Gasteiger partial charge in [-0.15, -0.1) is 0 Å². The first-order valence-electron chi connectivity index (χ1n) is 5.68. The molecule has 14 heavy (non-hydrogen) atoms. The van der Waals surface area contributed by atoms with E-state index < -0.39 is 0 Å². The van der Waals surface area contributed by atoms with Crippen molar-refractivity contribution in [3.8, 4) is 0 Å². The normalized spacial score (nSPS) is 18.7. The second kappa shape index (κ2) is 5.54. The molecule has 1 rings (SSSR count). The summed E-state index contributed by atoms with van der Waals surface area (Å²) in [6.07, 6.45) is 2.59. The van der Waals surface area contributed by atoms with Crippen LogP contribution in [0, 0.1) is 11.8 Å². The average Bonchev–Trinajstić information content (AvgIpc) is 2.18. The number of nitrogens with zero attached hydrogens (tertiary/aromatic N) is 1. The lowest BCUT2D eigenvalue weighted by atomic mass is 9.87. The Morgan fingerprint density at radius 2 is 2.00 bits per heavy atom. The van der Waals surface area contributed by atoms with Crippen LogP contribution in [0.3, 0.4) is 0 Å². The number of thiocarbonyl (C=S) groups is 1. The Labute approximate surface area is 93.1 Å². The molecule has 3 heteroatoms. The van der Waals surface area contributed by atoms with E-state index in [1.807, 2.05) is 0 Å². The van der Waals surface area contributed by atoms with Crippen LogP contribution >= 0.6 is 12.2 Å². The quantitative estimate of drug-likeness (QED) is 0.710. The van der Waals surface area contributed by atoms with Crippen LogP contribution in [0.25, 0.3) is 0 Å². The van der Waals surface area contributed by atoms with Crippen molar-refractivity contribution in [2.45, 2.75) is 33.6 Å². The van der Waals surface area contributed by atoms with Crippen molar-refractivity contribution in [1.82, 2.24) is 10.2 Å². The molecule has 1 aliphatic rings. The highest BCUT2D eigenvalue weighted by molar-refractivity contribution is 7.80. The van der Waals surface area contributed by atoms with E-state index in [1.54, 1.807) is 0 Å². The lowest BCUT2D eigenvalue weighted by Gasteiger charge is -2.35. The smallest absolute Gasteiger partial charge is 0.168 e. The summed E-state index contributed by atoms with van der Waals surface area (Å²) in [4.78, 5) is 2.30. The topological polar surface area (TPSA) is 15.3 Å². The standard InChI is InChI=1S/C11H22N2S/c1-4-12-11(14)13-7-5-10(6-8-13)9(2)3/h9-10H,4-8H2,1-3H3,(H,12,14). The highest BCUT2D eigenvalue weighted by Gasteiger charge is 2.22. The van der Waals surface area contributed by atoms with Crippen LogP contribution in [0.5, 0.6) is 0 Å². The zero-order valence-corrected chi connectivity index (χ0v) is 10.4. The molecule has 0 aliphatic carbocycles. The number of hydrogen-bond acceptors (Lipinski definition) is 1. The van der Waals surface area contributed by atoms with Crippen molar-refractivity contribution in [2.24, 2.45) is 11.8 Å². The van der Waals surface area contributed by atoms with E-state index in [-0.39, 0.29) is 0 Å². The van der Waals surface area contributed by atoms with Gasteiger partial charge in [-0.3, -0.25) is 0 Å². The summed E-state index contributed by atoms with van der Waals surface area (Å²) in [7, 11) is 0. The second-order valence-corrected chi connectivity index (χ2v) is 4.79. The number of rotatable bonds is 2. The van der Waals surface area contributed by atoms with Crippen molar-refractivity contribution in [2.75, 3.05) is 19.6 Å². The largest absolute Gasteiger partial charge is 0.363 e. The van der Waals surface area contributed by atoms with Gasteiger partial charge < -0.3 is 10.2 Å². The van der Waals surface area contributed by atoms with E-state index in [1.165, 1.54) is 12.8 Å². The maximum Gasteiger partial charge on any atom is 0.168 e. The van der Waals surface area contributed by atoms with Crippen LogP contribution in [0.15, 0.2) is 0 Å². The Morgan fingerprint density at radius 3 is 2.43 bits per heavy atom. The fourth-order valence-corrected chi connectivity index (χ4v) is 2.36. The first-order valence-corrected chi connectivity index (χ1v) is 6.08. The molecule has 1 saturated heterocycles. The molecule has 0 saturated carbocycles. The van der Waals surface area contributed by atoms with Gasteiger partial charge in [0.15, 0.2) is 5.11 Å². The van der Waals surface area contributed by atoms with Crippen molar-refractivity contribution < 1.29 is 0 Å². The Balaban J connectivity index is 2.31. The van der Waals surface area contributed by atoms with Crippen LogP contribution in [0.2, 0.25) is 0 Å². The third-order valence-electron chi connectivity index (χ3n) is 3.10. The van der Waals surface area contributed by atoms with E-state index in [4.69, 9.17) is 12.2 Å². The number of likely N-dealkylation sites (tertiary alicyclic amines) is 1. The molecule has 1 N–H and O–H groups in total. The summed E-state index contributed by atoms with van der Waals surface area (Å²) in [6.45, 7) is 9.94. The van der Waals surface area contributed by atoms with Gasteiger partial charge >= 0.3 is 0 Å². The molecule has 0 aromatic rings. The summed E-state index contributed by atoms with van der Waals surface area (Å²) in [5.74, 6) is 1.72. The molecule has 0 spiro atoms. The Kier molecular flexibility index (Phi) is 4.66. The van der Waals surface area contributed by atoms with E-state index in [0.29, 0.717) is 0 Å². The zero-order chi connectivity index (χ0) is 10.6. The van der Waals surface area contributed by atoms with E-state index in [2.05, 4.69) is 31.0 Å². The second-order valence-electron chi connectivity index (χ2n) is 4.40. The molecule has 2 nitrogen and oxygen atoms in total. The zero-order valence-electron chi connectivity index (χ0n) is 9.55. The minimum Gasteiger partial charge on any atom is -0.363 e. The minimum absolute atomic E-state index is 0.824. The molecule has 0 amide bonds. The predicted molar refractivity (Wildman–Crippen MR) is 65.4 cm³/mol. The molecule has 0 aromatic heterocycles. The van der Waals surface area contributed by atoms with Gasteiger partial charge in [-0.05, 0) is 43.8 Å². The van der Waals surface area contributed by atoms with Gasteiger partial charge in [0.25, 0.3) is 0 Å². The first kappa shape index (κ1) is 11.8. The summed E-state index contributed by atoms with van der Waals surface area (Å²) < 4.78 is 0. The number of piperidine rings is 1. The Hall–Kier alpha value is -0.310. The van der Waals surface area contributed by atoms with Gasteiger partial charge in [-0.1, -0.05) is 13.8 Å². The maximum absolute atomic E-state index is 5.29. The summed E-state index contributed by atoms with van der Waals surface area (Å²) in [5.41, 5.74) is 0. The van der Waals surface area contributed by atoms with Crippen LogP contribution < -0.4 is 5.32 Å². The lowest BCUT2D eigenvalue weighted by molar-refractivity contribution is 0.218. The van der Waals surface area contributed by atoms with Crippen LogP contribution in [0.4, 0.5) is 0 Å². The molecule has 82 valence electrons. The fourth-order valence-electron chi connectivity index (χ4n) is 2.03. The first-order chi connectivity index (χ1) is 6.65. The molecule has 1 fully saturated rings. The van der Waals surface area contributed by atoms with Gasteiger partial charge in [0.05, 0.1) is 0 Å². The van der Waals surface area contributed by atoms with Crippen molar-refractivity contribution in [3.63, 3.8) is 0 Å². The van der Waals surface area contributed by atoms with Gasteiger partial charge in [-0.2, -0.15) is 0 Å². The fraction of sp³-hybridized carbons (Fsp3) is 0.909. The van der Waals surface area contributed by atoms with Crippen LogP contribution in [-0.4, -0.2) is 29.6 Å². The van der Waals surface area contributed by atoms with E-state index in [9.17, 15) is 0 Å². The molecule has 0 unspecified atom stereocenters. The summed E-state index contributed by atoms with van der Waals surface area (Å²) in [5, 5.41) is 4.16. The molecule has 0 bridgehead atoms. The van der Waals surface area contributed by atoms with Crippen LogP contribution in [-0.2, 0) is 0 Å². The van der Waals surface area contributed by atoms with Gasteiger partial charge in [-0.25, -0.2) is 0 Å². The summed E-state index contributed by atoms with van der Waals surface area (Å²) >= 11 is 5.29. The van der Waals surface area contributed by atoms with Gasteiger partial charge in [0.1, 0.15) is 0 Å². The van der Waals surface area contributed by atoms with E-state index >= 15 is 0 Å². The SMILES string of the molecule is CCNC(=S)N1CCC(C(C)C)CC1. The van der Waals surface area contributed by atoms with Crippen molar-refractivity contribution in [3.05, 3.63) is 0 Å². The number of hydrogen-bond donors (Lipinski definition) is 1. The molecule has 0 radical (unpaired) electrons. The number of nitrogens with one attached hydrogen (secondary N) is 1. The monoisotopic (exact) mass is 214 g/mol. The summed E-state index contributed by atoms with van der Waals surface area (Å²) in [6, 6.07) is 0. The minimum atomic E-state index is 0.824. The van der Waals surface area contributed by atoms with E-state index in [0.717, 1.165) is 36.6 Å². The van der Waals surface area contributed by atoms with Gasteiger partial charge in [0, 0.05) is 19.6 Å². The predicted octanol–water partition coefficient (Wildman–Crippen LogP) is 2.25. The van der Waals surface area contributed by atoms with Gasteiger partial charge in [0.2, 0.25) is 0 Å². The highest BCUT2D eigenvalue weighted by Crippen LogP contribution is 2.24. The molecule has 1 aliphatic heterocycles. The molecule has 0 atom stereocenters. The molecule has 0 aromatic carbocycles. The Morgan fingerprint density at radius 1 is 1.43 bits per heavy atom.